The van der Waals surface area contributed by atoms with Crippen molar-refractivity contribution < 1.29 is 13.2 Å². The summed E-state index contributed by atoms with van der Waals surface area (Å²) in [6.45, 7) is 1.20. The van der Waals surface area contributed by atoms with E-state index in [0.29, 0.717) is 0 Å². The van der Waals surface area contributed by atoms with Gasteiger partial charge in [0.25, 0.3) is 0 Å². The second-order valence-electron chi connectivity index (χ2n) is 4.69. The molecule has 1 saturated carbocycles. The van der Waals surface area contributed by atoms with Crippen LogP contribution in [0.3, 0.4) is 0 Å². The Balaban J connectivity index is 2.33. The summed E-state index contributed by atoms with van der Waals surface area (Å²) in [6, 6.07) is 0.168. The largest absolute Gasteiger partial charge is 0.399 e. The third-order valence-electron chi connectivity index (χ3n) is 3.22. The van der Waals surface area contributed by atoms with E-state index in [-0.39, 0.29) is 23.9 Å². The van der Waals surface area contributed by atoms with E-state index in [2.05, 4.69) is 5.32 Å². The van der Waals surface area contributed by atoms with Crippen molar-refractivity contribution in [2.45, 2.75) is 38.4 Å². The molecule has 0 saturated heterocycles. The Hall–Kier alpha value is -1.13. The SMILES string of the molecule is CC1(C(F)(F)F)CC=CC(N)=C1NC1CC1. The number of hydrogen-bond acceptors (Lipinski definition) is 2. The number of rotatable bonds is 2. The summed E-state index contributed by atoms with van der Waals surface area (Å²) in [4.78, 5) is 0. The number of alkyl halides is 3. The number of nitrogens with two attached hydrogens (primary N) is 1. The fourth-order valence-electron chi connectivity index (χ4n) is 1.86. The Morgan fingerprint density at radius 2 is 2.06 bits per heavy atom. The molecule has 0 aromatic rings. The maximum absolute atomic E-state index is 13.1. The van der Waals surface area contributed by atoms with E-state index in [1.165, 1.54) is 13.0 Å². The zero-order chi connectivity index (χ0) is 12.0. The second-order valence-corrected chi connectivity index (χ2v) is 4.69. The number of nitrogens with one attached hydrogen (secondary N) is 1. The first-order valence-electron chi connectivity index (χ1n) is 5.34. The van der Waals surface area contributed by atoms with Crippen LogP contribution in [0.15, 0.2) is 23.5 Å². The number of hydrogen-bond donors (Lipinski definition) is 2. The summed E-state index contributed by atoms with van der Waals surface area (Å²) < 4.78 is 39.2. The molecule has 1 fully saturated rings. The van der Waals surface area contributed by atoms with E-state index < -0.39 is 11.6 Å². The summed E-state index contributed by atoms with van der Waals surface area (Å²) in [5.41, 5.74) is 4.14. The molecule has 2 nitrogen and oxygen atoms in total. The molecule has 2 rings (SSSR count). The van der Waals surface area contributed by atoms with E-state index in [4.69, 9.17) is 5.73 Å². The van der Waals surface area contributed by atoms with E-state index in [1.54, 1.807) is 6.08 Å². The van der Waals surface area contributed by atoms with Gasteiger partial charge < -0.3 is 11.1 Å². The van der Waals surface area contributed by atoms with E-state index in [0.717, 1.165) is 12.8 Å². The minimum atomic E-state index is -4.28. The maximum Gasteiger partial charge on any atom is 0.399 e. The van der Waals surface area contributed by atoms with Crippen LogP contribution < -0.4 is 11.1 Å². The maximum atomic E-state index is 13.1. The molecule has 1 atom stereocenters. The van der Waals surface area contributed by atoms with Crippen LogP contribution in [0.1, 0.15) is 26.2 Å². The molecule has 0 aromatic heterocycles. The van der Waals surface area contributed by atoms with Crippen molar-refractivity contribution in [2.24, 2.45) is 11.1 Å². The first-order valence-corrected chi connectivity index (χ1v) is 5.34. The summed E-state index contributed by atoms with van der Waals surface area (Å²) in [7, 11) is 0. The Bertz CT molecular complexity index is 353. The van der Waals surface area contributed by atoms with Crippen LogP contribution in [0.25, 0.3) is 0 Å². The van der Waals surface area contributed by atoms with E-state index in [1.807, 2.05) is 0 Å². The van der Waals surface area contributed by atoms with Crippen molar-refractivity contribution in [3.05, 3.63) is 23.5 Å². The highest BCUT2D eigenvalue weighted by Crippen LogP contribution is 2.48. The predicted molar refractivity (Wildman–Crippen MR) is 55.3 cm³/mol. The zero-order valence-electron chi connectivity index (χ0n) is 9.06. The Labute approximate surface area is 92.4 Å². The van der Waals surface area contributed by atoms with Gasteiger partial charge in [0.15, 0.2) is 0 Å². The van der Waals surface area contributed by atoms with E-state index in [9.17, 15) is 13.2 Å². The molecule has 0 spiro atoms. The van der Waals surface area contributed by atoms with Crippen LogP contribution in [-0.2, 0) is 0 Å². The van der Waals surface area contributed by atoms with Gasteiger partial charge in [0, 0.05) is 11.7 Å². The minimum Gasteiger partial charge on any atom is -0.397 e. The fourth-order valence-corrected chi connectivity index (χ4v) is 1.86. The lowest BCUT2D eigenvalue weighted by atomic mass is 9.78. The van der Waals surface area contributed by atoms with Crippen molar-refractivity contribution >= 4 is 0 Å². The Morgan fingerprint density at radius 3 is 2.56 bits per heavy atom. The molecule has 0 amide bonds. The lowest BCUT2D eigenvalue weighted by molar-refractivity contribution is -0.205. The highest BCUT2D eigenvalue weighted by Gasteiger charge is 2.55. The van der Waals surface area contributed by atoms with Crippen LogP contribution in [0.2, 0.25) is 0 Å². The second kappa shape index (κ2) is 3.43. The van der Waals surface area contributed by atoms with Crippen molar-refractivity contribution in [3.8, 4) is 0 Å². The average Bonchev–Trinajstić information content (AvgIpc) is 2.93. The van der Waals surface area contributed by atoms with Gasteiger partial charge in [-0.15, -0.1) is 0 Å². The van der Waals surface area contributed by atoms with Gasteiger partial charge in [0.05, 0.1) is 5.70 Å². The molecular weight excluding hydrogens is 217 g/mol. The van der Waals surface area contributed by atoms with Gasteiger partial charge in [0.2, 0.25) is 0 Å². The van der Waals surface area contributed by atoms with Crippen LogP contribution >= 0.6 is 0 Å². The van der Waals surface area contributed by atoms with Gasteiger partial charge in [0.1, 0.15) is 5.41 Å². The topological polar surface area (TPSA) is 38.0 Å². The molecule has 1 unspecified atom stereocenters. The Kier molecular flexibility index (Phi) is 2.44. The quantitative estimate of drug-likeness (QED) is 0.767. The van der Waals surface area contributed by atoms with Crippen molar-refractivity contribution in [3.63, 3.8) is 0 Å². The molecule has 0 bridgehead atoms. The summed E-state index contributed by atoms with van der Waals surface area (Å²) in [6.07, 6.45) is 0.563. The smallest absolute Gasteiger partial charge is 0.397 e. The monoisotopic (exact) mass is 232 g/mol. The molecular formula is C11H15F3N2. The van der Waals surface area contributed by atoms with Crippen molar-refractivity contribution in [2.75, 3.05) is 0 Å². The third-order valence-corrected chi connectivity index (χ3v) is 3.22. The molecule has 5 heteroatoms. The van der Waals surface area contributed by atoms with Gasteiger partial charge in [-0.05, 0) is 32.3 Å². The van der Waals surface area contributed by atoms with Crippen LogP contribution in [0.5, 0.6) is 0 Å². The minimum absolute atomic E-state index is 0.0494. The summed E-state index contributed by atoms with van der Waals surface area (Å²) >= 11 is 0. The van der Waals surface area contributed by atoms with Gasteiger partial charge in [-0.2, -0.15) is 13.2 Å². The lowest BCUT2D eigenvalue weighted by Gasteiger charge is -2.37. The van der Waals surface area contributed by atoms with Crippen LogP contribution in [-0.4, -0.2) is 12.2 Å². The van der Waals surface area contributed by atoms with Crippen molar-refractivity contribution in [1.82, 2.24) is 5.32 Å². The molecule has 16 heavy (non-hydrogen) atoms. The van der Waals surface area contributed by atoms with Crippen molar-refractivity contribution in [1.29, 1.82) is 0 Å². The molecule has 2 aliphatic rings. The number of allylic oxidation sites excluding steroid dienone is 3. The fraction of sp³-hybridized carbons (Fsp3) is 0.636. The number of halogens is 3. The van der Waals surface area contributed by atoms with Gasteiger partial charge in [-0.25, -0.2) is 0 Å². The normalized spacial score (nSPS) is 30.8. The molecule has 3 N–H and O–H groups in total. The molecule has 0 radical (unpaired) electrons. The highest BCUT2D eigenvalue weighted by atomic mass is 19.4. The molecule has 0 aliphatic heterocycles. The molecule has 90 valence electrons. The first kappa shape index (κ1) is 11.4. The summed E-state index contributed by atoms with van der Waals surface area (Å²) in [5.74, 6) is 0. The Morgan fingerprint density at radius 1 is 1.44 bits per heavy atom. The van der Waals surface area contributed by atoms with Gasteiger partial charge in [-0.1, -0.05) is 6.08 Å². The third kappa shape index (κ3) is 1.79. The predicted octanol–water partition coefficient (Wildman–Crippen LogP) is 2.44. The molecule has 0 heterocycles. The van der Waals surface area contributed by atoms with E-state index >= 15 is 0 Å². The van der Waals surface area contributed by atoms with Gasteiger partial charge >= 0.3 is 6.18 Å². The highest BCUT2D eigenvalue weighted by molar-refractivity contribution is 5.33. The average molecular weight is 232 g/mol. The molecule has 2 aliphatic carbocycles. The van der Waals surface area contributed by atoms with Crippen LogP contribution in [0.4, 0.5) is 13.2 Å². The standard InChI is InChI=1S/C11H15F3N2/c1-10(11(12,13)14)6-2-3-8(15)9(10)16-7-4-5-7/h2-3,7,16H,4-6,15H2,1H3. The summed E-state index contributed by atoms with van der Waals surface area (Å²) in [5, 5.41) is 2.92. The zero-order valence-corrected chi connectivity index (χ0v) is 9.06. The first-order chi connectivity index (χ1) is 7.34. The lowest BCUT2D eigenvalue weighted by Crippen LogP contribution is -2.44. The molecule has 0 aromatic carbocycles. The van der Waals surface area contributed by atoms with Gasteiger partial charge in [-0.3, -0.25) is 0 Å². The van der Waals surface area contributed by atoms with Crippen LogP contribution in [0, 0.1) is 5.41 Å².